The fourth-order valence-corrected chi connectivity index (χ4v) is 4.47. The smallest absolute Gasteiger partial charge is 0.293 e. The van der Waals surface area contributed by atoms with Crippen LogP contribution in [0.4, 0.5) is 11.4 Å². The van der Waals surface area contributed by atoms with Crippen LogP contribution < -0.4 is 14.4 Å². The molecule has 170 valence electrons. The zero-order valence-electron chi connectivity index (χ0n) is 18.3. The van der Waals surface area contributed by atoms with Crippen LogP contribution in [0.1, 0.15) is 34.8 Å². The van der Waals surface area contributed by atoms with Crippen molar-refractivity contribution in [3.8, 4) is 11.5 Å². The highest BCUT2D eigenvalue weighted by Crippen LogP contribution is 2.40. The van der Waals surface area contributed by atoms with Gasteiger partial charge in [0, 0.05) is 42.9 Å². The second-order valence-electron chi connectivity index (χ2n) is 7.82. The molecule has 9 nitrogen and oxygen atoms in total. The number of nitro benzene ring substituents is 1. The minimum atomic E-state index is -0.421. The summed E-state index contributed by atoms with van der Waals surface area (Å²) in [5, 5.41) is 11.8. The Morgan fingerprint density at radius 1 is 1.09 bits per heavy atom. The molecule has 0 bridgehead atoms. The Kier molecular flexibility index (Phi) is 6.45. The fourth-order valence-electron chi connectivity index (χ4n) is 4.47. The molecule has 0 saturated carbocycles. The molecule has 2 fully saturated rings. The standard InChI is InChI=1S/C23H27N3O6/c1-30-17-6-7-18(22(15-17)31-2)19-4-3-9-25(19)23(27)16-5-8-20(21(14-16)26(28)29)24-10-12-32-13-11-24/h5-8,14-15,19H,3-4,9-13H2,1-2H3/t19-/m1/s1. The van der Waals surface area contributed by atoms with Crippen molar-refractivity contribution in [2.24, 2.45) is 0 Å². The van der Waals surface area contributed by atoms with E-state index in [1.165, 1.54) is 6.07 Å². The molecule has 2 aromatic carbocycles. The molecule has 2 aromatic rings. The first kappa shape index (κ1) is 21.9. The van der Waals surface area contributed by atoms with E-state index in [1.54, 1.807) is 37.3 Å². The molecule has 0 N–H and O–H groups in total. The highest BCUT2D eigenvalue weighted by Gasteiger charge is 2.34. The van der Waals surface area contributed by atoms with E-state index in [4.69, 9.17) is 14.2 Å². The Hall–Kier alpha value is -3.33. The van der Waals surface area contributed by atoms with Crippen molar-refractivity contribution in [2.45, 2.75) is 18.9 Å². The van der Waals surface area contributed by atoms with Crippen LogP contribution in [0.2, 0.25) is 0 Å². The van der Waals surface area contributed by atoms with Crippen LogP contribution in [0.15, 0.2) is 36.4 Å². The van der Waals surface area contributed by atoms with Gasteiger partial charge in [-0.2, -0.15) is 0 Å². The maximum Gasteiger partial charge on any atom is 0.293 e. The number of anilines is 1. The van der Waals surface area contributed by atoms with Gasteiger partial charge in [-0.1, -0.05) is 0 Å². The second kappa shape index (κ2) is 9.44. The van der Waals surface area contributed by atoms with Crippen LogP contribution in [0.25, 0.3) is 0 Å². The summed E-state index contributed by atoms with van der Waals surface area (Å²) < 4.78 is 16.2. The monoisotopic (exact) mass is 441 g/mol. The number of nitrogens with zero attached hydrogens (tertiary/aromatic N) is 3. The number of likely N-dealkylation sites (tertiary alicyclic amines) is 1. The third kappa shape index (κ3) is 4.20. The predicted molar refractivity (Wildman–Crippen MR) is 119 cm³/mol. The number of carbonyl (C=O) groups is 1. The van der Waals surface area contributed by atoms with E-state index in [0.29, 0.717) is 55.6 Å². The molecule has 9 heteroatoms. The highest BCUT2D eigenvalue weighted by molar-refractivity contribution is 5.96. The van der Waals surface area contributed by atoms with Gasteiger partial charge < -0.3 is 24.0 Å². The number of benzene rings is 2. The lowest BCUT2D eigenvalue weighted by Crippen LogP contribution is -2.36. The first-order valence-corrected chi connectivity index (χ1v) is 10.7. The molecule has 0 aliphatic carbocycles. The summed E-state index contributed by atoms with van der Waals surface area (Å²) in [6.07, 6.45) is 1.64. The quantitative estimate of drug-likeness (QED) is 0.501. The minimum Gasteiger partial charge on any atom is -0.497 e. The Balaban J connectivity index is 1.63. The van der Waals surface area contributed by atoms with Crippen molar-refractivity contribution in [2.75, 3.05) is 52.0 Å². The summed E-state index contributed by atoms with van der Waals surface area (Å²) in [5.74, 6) is 1.11. The zero-order chi connectivity index (χ0) is 22.7. The highest BCUT2D eigenvalue weighted by atomic mass is 16.6. The van der Waals surface area contributed by atoms with E-state index in [9.17, 15) is 14.9 Å². The topological polar surface area (TPSA) is 94.4 Å². The Bertz CT molecular complexity index is 1010. The van der Waals surface area contributed by atoms with E-state index >= 15 is 0 Å². The van der Waals surface area contributed by atoms with Gasteiger partial charge in [0.1, 0.15) is 17.2 Å². The van der Waals surface area contributed by atoms with E-state index in [0.717, 1.165) is 18.4 Å². The largest absolute Gasteiger partial charge is 0.497 e. The normalized spacial score (nSPS) is 18.5. The molecule has 2 aliphatic rings. The number of methoxy groups -OCH3 is 2. The van der Waals surface area contributed by atoms with Crippen molar-refractivity contribution in [3.63, 3.8) is 0 Å². The molecule has 2 heterocycles. The molecule has 2 aliphatic heterocycles. The van der Waals surface area contributed by atoms with Crippen molar-refractivity contribution in [3.05, 3.63) is 57.6 Å². The SMILES string of the molecule is COc1ccc([C@H]2CCCN2C(=O)c2ccc(N3CCOCC3)c([N+](=O)[O-])c2)c(OC)c1. The average molecular weight is 441 g/mol. The number of morpholine rings is 1. The summed E-state index contributed by atoms with van der Waals surface area (Å²) in [6, 6.07) is 10.2. The van der Waals surface area contributed by atoms with Gasteiger partial charge >= 0.3 is 0 Å². The van der Waals surface area contributed by atoms with Gasteiger partial charge in [0.25, 0.3) is 11.6 Å². The van der Waals surface area contributed by atoms with Gasteiger partial charge in [-0.3, -0.25) is 14.9 Å². The molecule has 2 saturated heterocycles. The molecule has 4 rings (SSSR count). The number of ether oxygens (including phenoxy) is 3. The maximum absolute atomic E-state index is 13.4. The molecular weight excluding hydrogens is 414 g/mol. The van der Waals surface area contributed by atoms with Gasteiger partial charge in [-0.25, -0.2) is 0 Å². The molecule has 0 aromatic heterocycles. The van der Waals surface area contributed by atoms with Gasteiger partial charge in [0.05, 0.1) is 38.4 Å². The molecule has 32 heavy (non-hydrogen) atoms. The van der Waals surface area contributed by atoms with Gasteiger partial charge in [-0.15, -0.1) is 0 Å². The summed E-state index contributed by atoms with van der Waals surface area (Å²) in [5.41, 5.74) is 1.67. The average Bonchev–Trinajstić information content (AvgIpc) is 3.33. The minimum absolute atomic E-state index is 0.0597. The predicted octanol–water partition coefficient (Wildman–Crippen LogP) is 3.43. The van der Waals surface area contributed by atoms with Crippen LogP contribution in [0, 0.1) is 10.1 Å². The Labute approximate surface area is 186 Å². The van der Waals surface area contributed by atoms with Crippen LogP contribution in [-0.2, 0) is 4.74 Å². The lowest BCUT2D eigenvalue weighted by Gasteiger charge is -2.29. The van der Waals surface area contributed by atoms with Crippen LogP contribution >= 0.6 is 0 Å². The number of amides is 1. The van der Waals surface area contributed by atoms with E-state index in [2.05, 4.69) is 0 Å². The molecule has 1 atom stereocenters. The lowest BCUT2D eigenvalue weighted by molar-refractivity contribution is -0.384. The third-order valence-electron chi connectivity index (χ3n) is 6.08. The van der Waals surface area contributed by atoms with Crippen LogP contribution in [0.3, 0.4) is 0 Å². The first-order valence-electron chi connectivity index (χ1n) is 10.7. The Morgan fingerprint density at radius 3 is 2.56 bits per heavy atom. The van der Waals surface area contributed by atoms with Crippen molar-refractivity contribution >= 4 is 17.3 Å². The van der Waals surface area contributed by atoms with Crippen LogP contribution in [0.5, 0.6) is 11.5 Å². The molecule has 0 radical (unpaired) electrons. The van der Waals surface area contributed by atoms with E-state index < -0.39 is 4.92 Å². The van der Waals surface area contributed by atoms with Crippen LogP contribution in [-0.4, -0.2) is 62.8 Å². The van der Waals surface area contributed by atoms with Gasteiger partial charge in [0.2, 0.25) is 0 Å². The second-order valence-corrected chi connectivity index (χ2v) is 7.82. The van der Waals surface area contributed by atoms with Crippen molar-refractivity contribution in [1.29, 1.82) is 0 Å². The van der Waals surface area contributed by atoms with Gasteiger partial charge in [-0.05, 0) is 37.1 Å². The number of hydrogen-bond acceptors (Lipinski definition) is 7. The summed E-state index contributed by atoms with van der Waals surface area (Å²) in [4.78, 5) is 28.5. The lowest BCUT2D eigenvalue weighted by atomic mass is 10.0. The number of carbonyl (C=O) groups excluding carboxylic acids is 1. The van der Waals surface area contributed by atoms with E-state index in [1.807, 2.05) is 17.0 Å². The van der Waals surface area contributed by atoms with Crippen molar-refractivity contribution < 1.29 is 23.9 Å². The Morgan fingerprint density at radius 2 is 1.88 bits per heavy atom. The fraction of sp³-hybridized carbons (Fsp3) is 0.435. The van der Waals surface area contributed by atoms with Crippen molar-refractivity contribution in [1.82, 2.24) is 4.90 Å². The molecular formula is C23H27N3O6. The summed E-state index contributed by atoms with van der Waals surface area (Å²) >= 11 is 0. The molecule has 1 amide bonds. The van der Waals surface area contributed by atoms with Gasteiger partial charge in [0.15, 0.2) is 0 Å². The third-order valence-corrected chi connectivity index (χ3v) is 6.08. The summed E-state index contributed by atoms with van der Waals surface area (Å²) in [7, 11) is 3.18. The first-order chi connectivity index (χ1) is 15.5. The molecule has 0 spiro atoms. The maximum atomic E-state index is 13.4. The zero-order valence-corrected chi connectivity index (χ0v) is 18.3. The number of nitro groups is 1. The van der Waals surface area contributed by atoms with E-state index in [-0.39, 0.29) is 17.6 Å². The number of rotatable bonds is 6. The summed E-state index contributed by atoms with van der Waals surface area (Å²) in [6.45, 7) is 2.80. The molecule has 0 unspecified atom stereocenters. The number of hydrogen-bond donors (Lipinski definition) is 0.